The number of fused-ring (bicyclic) bond motifs is 2. The lowest BCUT2D eigenvalue weighted by atomic mass is 9.87. The summed E-state index contributed by atoms with van der Waals surface area (Å²) < 4.78 is 7.18. The number of carbonyl (C=O) groups is 1. The van der Waals surface area contributed by atoms with Crippen LogP contribution in [-0.4, -0.2) is 27.3 Å². The van der Waals surface area contributed by atoms with Gasteiger partial charge < -0.3 is 15.0 Å². The Morgan fingerprint density at radius 3 is 2.92 bits per heavy atom. The van der Waals surface area contributed by atoms with Crippen molar-refractivity contribution in [1.29, 1.82) is 0 Å². The van der Waals surface area contributed by atoms with Gasteiger partial charge in [-0.05, 0) is 31.2 Å². The van der Waals surface area contributed by atoms with Gasteiger partial charge in [0.1, 0.15) is 5.75 Å². The van der Waals surface area contributed by atoms with E-state index < -0.39 is 0 Å². The van der Waals surface area contributed by atoms with Crippen LogP contribution in [0, 0.1) is 0 Å². The van der Waals surface area contributed by atoms with Crippen molar-refractivity contribution in [1.82, 2.24) is 14.8 Å². The molecule has 1 unspecified atom stereocenters. The summed E-state index contributed by atoms with van der Waals surface area (Å²) >= 11 is 0. The van der Waals surface area contributed by atoms with Gasteiger partial charge in [-0.2, -0.15) is 5.10 Å². The van der Waals surface area contributed by atoms with Gasteiger partial charge in [-0.3, -0.25) is 14.3 Å². The minimum absolute atomic E-state index is 0.140. The first-order valence-corrected chi connectivity index (χ1v) is 8.18. The van der Waals surface area contributed by atoms with Crippen molar-refractivity contribution in [2.45, 2.75) is 19.3 Å². The molecule has 1 aliphatic rings. The Morgan fingerprint density at radius 2 is 2.12 bits per heavy atom. The molecule has 1 aromatic carbocycles. The summed E-state index contributed by atoms with van der Waals surface area (Å²) in [7, 11) is 1.79. The number of H-pyrrole nitrogens is 1. The number of aromatic amines is 1. The molecule has 0 spiro atoms. The molecule has 7 heteroatoms. The van der Waals surface area contributed by atoms with E-state index in [0.717, 1.165) is 22.2 Å². The third kappa shape index (κ3) is 2.67. The molecule has 7 nitrogen and oxygen atoms in total. The predicted octanol–water partition coefficient (Wildman–Crippen LogP) is 2.13. The van der Waals surface area contributed by atoms with Gasteiger partial charge in [0.15, 0.2) is 5.82 Å². The highest BCUT2D eigenvalue weighted by molar-refractivity contribution is 5.94. The first kappa shape index (κ1) is 15.4. The van der Waals surface area contributed by atoms with E-state index in [1.165, 1.54) is 0 Å². The number of nitrogens with zero attached hydrogens (tertiary/aromatic N) is 2. The van der Waals surface area contributed by atoms with Gasteiger partial charge in [0.25, 0.3) is 5.56 Å². The summed E-state index contributed by atoms with van der Waals surface area (Å²) in [5, 5.41) is 7.89. The molecule has 25 heavy (non-hydrogen) atoms. The van der Waals surface area contributed by atoms with Gasteiger partial charge in [0, 0.05) is 47.6 Å². The number of ether oxygens (including phenoxy) is 1. The number of nitrogens with one attached hydrogen (secondary N) is 2. The van der Waals surface area contributed by atoms with Crippen molar-refractivity contribution in [2.24, 2.45) is 7.05 Å². The number of rotatable bonds is 3. The van der Waals surface area contributed by atoms with Crippen LogP contribution >= 0.6 is 0 Å². The summed E-state index contributed by atoms with van der Waals surface area (Å²) in [4.78, 5) is 27.6. The molecule has 0 aliphatic carbocycles. The Bertz CT molecular complexity index is 1030. The standard InChI is InChI=1S/C18H18N4O3/c1-3-25-11-4-5-15-10(6-11)7-13(18(24)19-15)12-8-16(23)20-17-14(12)9-22(2)21-17/h4-7,9,12H,3,8H2,1-2H3,(H,19,24)(H,20,21,23). The van der Waals surface area contributed by atoms with Gasteiger partial charge in [0.2, 0.25) is 5.91 Å². The van der Waals surface area contributed by atoms with Crippen LogP contribution in [0.5, 0.6) is 5.75 Å². The fraction of sp³-hybridized carbons (Fsp3) is 0.278. The molecule has 0 saturated carbocycles. The van der Waals surface area contributed by atoms with Gasteiger partial charge in [-0.25, -0.2) is 0 Å². The Kier molecular flexibility index (Phi) is 3.56. The zero-order chi connectivity index (χ0) is 17.6. The van der Waals surface area contributed by atoms with E-state index in [9.17, 15) is 9.59 Å². The Hall–Kier alpha value is -3.09. The number of hydrogen-bond acceptors (Lipinski definition) is 4. The van der Waals surface area contributed by atoms with Crippen LogP contribution in [0.2, 0.25) is 0 Å². The summed E-state index contributed by atoms with van der Waals surface area (Å²) in [6, 6.07) is 7.39. The van der Waals surface area contributed by atoms with E-state index in [2.05, 4.69) is 15.4 Å². The lowest BCUT2D eigenvalue weighted by Gasteiger charge is -2.21. The number of aromatic nitrogens is 3. The molecule has 3 heterocycles. The molecule has 3 aromatic rings. The van der Waals surface area contributed by atoms with Crippen molar-refractivity contribution in [3.05, 3.63) is 51.9 Å². The quantitative estimate of drug-likeness (QED) is 0.766. The number of pyridine rings is 1. The minimum Gasteiger partial charge on any atom is -0.494 e. The Morgan fingerprint density at radius 1 is 1.28 bits per heavy atom. The summed E-state index contributed by atoms with van der Waals surface area (Å²) in [6.45, 7) is 2.50. The van der Waals surface area contributed by atoms with E-state index in [4.69, 9.17) is 4.74 Å². The maximum atomic E-state index is 12.6. The number of hydrogen-bond donors (Lipinski definition) is 2. The number of amides is 1. The molecular weight excluding hydrogens is 320 g/mol. The second-order valence-electron chi connectivity index (χ2n) is 6.15. The molecule has 0 bridgehead atoms. The SMILES string of the molecule is CCOc1ccc2[nH]c(=O)c(C3CC(=O)Nc4nn(C)cc43)cc2c1. The van der Waals surface area contributed by atoms with Crippen LogP contribution in [0.15, 0.2) is 35.3 Å². The molecule has 0 radical (unpaired) electrons. The Labute approximate surface area is 143 Å². The maximum Gasteiger partial charge on any atom is 0.252 e. The fourth-order valence-corrected chi connectivity index (χ4v) is 3.33. The van der Waals surface area contributed by atoms with Gasteiger partial charge >= 0.3 is 0 Å². The molecule has 1 amide bonds. The van der Waals surface area contributed by atoms with E-state index in [1.807, 2.05) is 37.4 Å². The van der Waals surface area contributed by atoms with Gasteiger partial charge in [0.05, 0.1) is 6.61 Å². The smallest absolute Gasteiger partial charge is 0.252 e. The van der Waals surface area contributed by atoms with Gasteiger partial charge in [-0.15, -0.1) is 0 Å². The summed E-state index contributed by atoms with van der Waals surface area (Å²) in [5.74, 6) is 0.808. The highest BCUT2D eigenvalue weighted by Crippen LogP contribution is 2.35. The molecule has 128 valence electrons. The monoisotopic (exact) mass is 338 g/mol. The molecule has 1 aliphatic heterocycles. The molecule has 1 atom stereocenters. The zero-order valence-electron chi connectivity index (χ0n) is 14.0. The highest BCUT2D eigenvalue weighted by atomic mass is 16.5. The van der Waals surface area contributed by atoms with Crippen molar-refractivity contribution in [3.8, 4) is 5.75 Å². The second-order valence-corrected chi connectivity index (χ2v) is 6.15. The third-order valence-electron chi connectivity index (χ3n) is 4.41. The molecule has 0 saturated heterocycles. The largest absolute Gasteiger partial charge is 0.494 e. The van der Waals surface area contributed by atoms with Crippen LogP contribution < -0.4 is 15.6 Å². The van der Waals surface area contributed by atoms with Crippen LogP contribution in [-0.2, 0) is 11.8 Å². The van der Waals surface area contributed by atoms with E-state index >= 15 is 0 Å². The fourth-order valence-electron chi connectivity index (χ4n) is 3.33. The van der Waals surface area contributed by atoms with Crippen LogP contribution in [0.3, 0.4) is 0 Å². The topological polar surface area (TPSA) is 89.0 Å². The number of aryl methyl sites for hydroxylation is 1. The van der Waals surface area contributed by atoms with Crippen molar-refractivity contribution < 1.29 is 9.53 Å². The van der Waals surface area contributed by atoms with Crippen molar-refractivity contribution in [2.75, 3.05) is 11.9 Å². The summed E-state index contributed by atoms with van der Waals surface area (Å²) in [6.07, 6.45) is 2.07. The maximum absolute atomic E-state index is 12.6. The van der Waals surface area contributed by atoms with E-state index in [0.29, 0.717) is 18.0 Å². The van der Waals surface area contributed by atoms with Crippen LogP contribution in [0.4, 0.5) is 5.82 Å². The lowest BCUT2D eigenvalue weighted by molar-refractivity contribution is -0.116. The lowest BCUT2D eigenvalue weighted by Crippen LogP contribution is -2.26. The molecule has 0 fully saturated rings. The number of anilines is 1. The first-order chi connectivity index (χ1) is 12.0. The second kappa shape index (κ2) is 5.77. The molecule has 4 rings (SSSR count). The zero-order valence-corrected chi connectivity index (χ0v) is 14.0. The minimum atomic E-state index is -0.318. The normalized spacial score (nSPS) is 16.6. The average molecular weight is 338 g/mol. The molecular formula is C18H18N4O3. The summed E-state index contributed by atoms with van der Waals surface area (Å²) in [5.41, 5.74) is 1.97. The molecule has 2 N–H and O–H groups in total. The van der Waals surface area contributed by atoms with E-state index in [-0.39, 0.29) is 23.8 Å². The first-order valence-electron chi connectivity index (χ1n) is 8.18. The van der Waals surface area contributed by atoms with E-state index in [1.54, 1.807) is 11.7 Å². The van der Waals surface area contributed by atoms with Crippen molar-refractivity contribution in [3.63, 3.8) is 0 Å². The highest BCUT2D eigenvalue weighted by Gasteiger charge is 2.30. The Balaban J connectivity index is 1.87. The predicted molar refractivity (Wildman–Crippen MR) is 94.0 cm³/mol. The number of carbonyl (C=O) groups excluding carboxylic acids is 1. The molecule has 2 aromatic heterocycles. The third-order valence-corrected chi connectivity index (χ3v) is 4.41. The number of benzene rings is 1. The van der Waals surface area contributed by atoms with Crippen LogP contribution in [0.25, 0.3) is 10.9 Å². The van der Waals surface area contributed by atoms with Gasteiger partial charge in [-0.1, -0.05) is 0 Å². The van der Waals surface area contributed by atoms with Crippen LogP contribution in [0.1, 0.15) is 30.4 Å². The average Bonchev–Trinajstić information content (AvgIpc) is 2.94. The van der Waals surface area contributed by atoms with Crippen molar-refractivity contribution >= 4 is 22.6 Å².